The van der Waals surface area contributed by atoms with Crippen molar-refractivity contribution in [1.82, 2.24) is 0 Å². The maximum atomic E-state index is 12.0. The Morgan fingerprint density at radius 1 is 1.12 bits per heavy atom. The molecule has 0 aromatic heterocycles. The smallest absolute Gasteiger partial charge is 0.343 e. The van der Waals surface area contributed by atoms with Gasteiger partial charge < -0.3 is 14.8 Å². The normalized spacial score (nSPS) is 11.0. The minimum atomic E-state index is -0.712. The molecular weight excluding hydrogens is 346 g/mol. The van der Waals surface area contributed by atoms with Crippen LogP contribution < -0.4 is 5.32 Å². The summed E-state index contributed by atoms with van der Waals surface area (Å²) >= 11 is 6.22. The van der Waals surface area contributed by atoms with Crippen LogP contribution in [-0.2, 0) is 19.1 Å². The van der Waals surface area contributed by atoms with E-state index in [9.17, 15) is 14.4 Å². The molecule has 1 aromatic carbocycles. The third-order valence-corrected chi connectivity index (χ3v) is 3.47. The van der Waals surface area contributed by atoms with Crippen molar-refractivity contribution in [3.63, 3.8) is 0 Å². The van der Waals surface area contributed by atoms with E-state index >= 15 is 0 Å². The van der Waals surface area contributed by atoms with Gasteiger partial charge in [-0.05, 0) is 31.9 Å². The highest BCUT2D eigenvalue weighted by Crippen LogP contribution is 2.27. The van der Waals surface area contributed by atoms with Crippen LogP contribution in [-0.4, -0.2) is 30.9 Å². The Hall–Kier alpha value is -2.34. The Morgan fingerprint density at radius 2 is 1.76 bits per heavy atom. The summed E-state index contributed by atoms with van der Waals surface area (Å²) in [5.74, 6) is -1.69. The quantitative estimate of drug-likeness (QED) is 0.310. The van der Waals surface area contributed by atoms with Crippen molar-refractivity contribution in [2.45, 2.75) is 33.6 Å². The van der Waals surface area contributed by atoms with Gasteiger partial charge in [-0.15, -0.1) is 0 Å². The molecular formula is C18H22ClNO5. The fourth-order valence-electron chi connectivity index (χ4n) is 1.80. The second-order valence-electron chi connectivity index (χ2n) is 5.20. The molecule has 1 aromatic rings. The molecule has 0 heterocycles. The lowest BCUT2D eigenvalue weighted by molar-refractivity contribution is -0.140. The molecule has 0 aliphatic rings. The number of carbonyl (C=O) groups excluding carboxylic acids is 3. The third kappa shape index (κ3) is 6.23. The lowest BCUT2D eigenvalue weighted by atomic mass is 10.2. The summed E-state index contributed by atoms with van der Waals surface area (Å²) < 4.78 is 10.0. The molecule has 0 aliphatic carbocycles. The second kappa shape index (κ2) is 10.5. The van der Waals surface area contributed by atoms with Crippen LogP contribution in [0.5, 0.6) is 0 Å². The number of hydrogen-bond acceptors (Lipinski definition) is 6. The van der Waals surface area contributed by atoms with Gasteiger partial charge in [0.15, 0.2) is 5.78 Å². The summed E-state index contributed by atoms with van der Waals surface area (Å²) in [6, 6.07) is 4.77. The van der Waals surface area contributed by atoms with Crippen LogP contribution in [0.1, 0.15) is 44.0 Å². The number of rotatable bonds is 9. The summed E-state index contributed by atoms with van der Waals surface area (Å²) in [5, 5.41) is 2.92. The molecule has 0 spiro atoms. The molecule has 0 aliphatic heterocycles. The molecule has 0 saturated carbocycles. The van der Waals surface area contributed by atoms with Crippen molar-refractivity contribution in [1.29, 1.82) is 0 Å². The van der Waals surface area contributed by atoms with Gasteiger partial charge in [-0.25, -0.2) is 9.59 Å². The van der Waals surface area contributed by atoms with Gasteiger partial charge in [0.05, 0.1) is 29.5 Å². The van der Waals surface area contributed by atoms with Crippen LogP contribution in [0.25, 0.3) is 0 Å². The predicted octanol–water partition coefficient (Wildman–Crippen LogP) is 3.74. The van der Waals surface area contributed by atoms with Gasteiger partial charge >= 0.3 is 11.9 Å². The number of ketones is 1. The van der Waals surface area contributed by atoms with Crippen molar-refractivity contribution in [2.75, 3.05) is 18.5 Å². The van der Waals surface area contributed by atoms with Crippen molar-refractivity contribution in [3.05, 3.63) is 40.6 Å². The Balaban J connectivity index is 2.99. The highest BCUT2D eigenvalue weighted by atomic mass is 35.5. The number of esters is 2. The standard InChI is InChI=1S/C18H22ClNO5/c1-4-9-24-17(22)13-7-6-8-15(16(13)19)20-11-14(12(3)21)18(23)25-10-5-2/h6-8,11,20H,4-5,9-10H2,1-3H3. The zero-order chi connectivity index (χ0) is 18.8. The first-order valence-corrected chi connectivity index (χ1v) is 8.40. The lowest BCUT2D eigenvalue weighted by Gasteiger charge is -2.10. The summed E-state index contributed by atoms with van der Waals surface area (Å²) in [4.78, 5) is 35.5. The zero-order valence-corrected chi connectivity index (χ0v) is 15.3. The molecule has 136 valence electrons. The van der Waals surface area contributed by atoms with Crippen LogP contribution in [0, 0.1) is 0 Å². The van der Waals surface area contributed by atoms with E-state index in [1.807, 2.05) is 13.8 Å². The molecule has 0 bridgehead atoms. The Kier molecular flexibility index (Phi) is 8.70. The zero-order valence-electron chi connectivity index (χ0n) is 14.6. The summed E-state index contributed by atoms with van der Waals surface area (Å²) in [5.41, 5.74) is 0.435. The van der Waals surface area contributed by atoms with Gasteiger partial charge in [0, 0.05) is 6.20 Å². The highest BCUT2D eigenvalue weighted by molar-refractivity contribution is 6.36. The molecule has 25 heavy (non-hydrogen) atoms. The maximum Gasteiger partial charge on any atom is 0.343 e. The Bertz CT molecular complexity index is 669. The van der Waals surface area contributed by atoms with Crippen molar-refractivity contribution < 1.29 is 23.9 Å². The van der Waals surface area contributed by atoms with Gasteiger partial charge in [-0.3, -0.25) is 4.79 Å². The minimum Gasteiger partial charge on any atom is -0.462 e. The molecule has 6 nitrogen and oxygen atoms in total. The van der Waals surface area contributed by atoms with Crippen LogP contribution >= 0.6 is 11.6 Å². The molecule has 1 N–H and O–H groups in total. The summed E-state index contributed by atoms with van der Waals surface area (Å²) in [6.45, 7) is 5.53. The number of hydrogen-bond donors (Lipinski definition) is 1. The molecule has 1 rings (SSSR count). The van der Waals surface area contributed by atoms with Gasteiger partial charge in [0.25, 0.3) is 0 Å². The van der Waals surface area contributed by atoms with E-state index in [-0.39, 0.29) is 22.8 Å². The summed E-state index contributed by atoms with van der Waals surface area (Å²) in [6.07, 6.45) is 2.58. The molecule has 0 radical (unpaired) electrons. The van der Waals surface area contributed by atoms with E-state index in [1.165, 1.54) is 19.2 Å². The molecule has 0 saturated heterocycles. The van der Waals surface area contributed by atoms with E-state index in [0.29, 0.717) is 25.1 Å². The van der Waals surface area contributed by atoms with Crippen LogP contribution in [0.4, 0.5) is 5.69 Å². The maximum absolute atomic E-state index is 12.0. The number of carbonyl (C=O) groups is 3. The fourth-order valence-corrected chi connectivity index (χ4v) is 2.06. The number of halogens is 1. The Labute approximate surface area is 152 Å². The number of anilines is 1. The van der Waals surface area contributed by atoms with E-state index in [2.05, 4.69) is 5.32 Å². The summed E-state index contributed by atoms with van der Waals surface area (Å²) in [7, 11) is 0. The van der Waals surface area contributed by atoms with Crippen LogP contribution in [0.3, 0.4) is 0 Å². The lowest BCUT2D eigenvalue weighted by Crippen LogP contribution is -2.15. The van der Waals surface area contributed by atoms with E-state index in [4.69, 9.17) is 21.1 Å². The first-order chi connectivity index (χ1) is 11.9. The molecule has 0 atom stereocenters. The Morgan fingerprint density at radius 3 is 2.36 bits per heavy atom. The topological polar surface area (TPSA) is 81.7 Å². The van der Waals surface area contributed by atoms with Gasteiger partial charge in [0.2, 0.25) is 0 Å². The average molecular weight is 368 g/mol. The van der Waals surface area contributed by atoms with Gasteiger partial charge in [0.1, 0.15) is 5.57 Å². The van der Waals surface area contributed by atoms with E-state index in [1.54, 1.807) is 12.1 Å². The minimum absolute atomic E-state index is 0.136. The molecule has 7 heteroatoms. The van der Waals surface area contributed by atoms with Crippen LogP contribution in [0.2, 0.25) is 5.02 Å². The molecule has 0 fully saturated rings. The molecule has 0 unspecified atom stereocenters. The van der Waals surface area contributed by atoms with E-state index < -0.39 is 17.7 Å². The van der Waals surface area contributed by atoms with Crippen molar-refractivity contribution >= 4 is 35.0 Å². The predicted molar refractivity (Wildman–Crippen MR) is 95.7 cm³/mol. The van der Waals surface area contributed by atoms with Gasteiger partial charge in [-0.2, -0.15) is 0 Å². The number of Topliss-reactive ketones (excluding diaryl/α,β-unsaturated/α-hetero) is 1. The third-order valence-electron chi connectivity index (χ3n) is 3.06. The first-order valence-electron chi connectivity index (χ1n) is 8.02. The largest absolute Gasteiger partial charge is 0.462 e. The monoisotopic (exact) mass is 367 g/mol. The number of ether oxygens (including phenoxy) is 2. The van der Waals surface area contributed by atoms with Crippen molar-refractivity contribution in [3.8, 4) is 0 Å². The second-order valence-corrected chi connectivity index (χ2v) is 5.58. The van der Waals surface area contributed by atoms with Crippen LogP contribution in [0.15, 0.2) is 30.0 Å². The SMILES string of the molecule is CCCOC(=O)C(=CNc1cccc(C(=O)OCCC)c1Cl)C(C)=O. The fraction of sp³-hybridized carbons (Fsp3) is 0.389. The average Bonchev–Trinajstić information content (AvgIpc) is 2.58. The van der Waals surface area contributed by atoms with Gasteiger partial charge in [-0.1, -0.05) is 31.5 Å². The number of nitrogens with one attached hydrogen (secondary N) is 1. The number of benzene rings is 1. The van der Waals surface area contributed by atoms with E-state index in [0.717, 1.165) is 0 Å². The highest BCUT2D eigenvalue weighted by Gasteiger charge is 2.17. The van der Waals surface area contributed by atoms with Crippen molar-refractivity contribution in [2.24, 2.45) is 0 Å². The first kappa shape index (κ1) is 20.7. The molecule has 0 amide bonds.